The molecule has 0 spiro atoms. The number of hydrazone groups is 1. The third kappa shape index (κ3) is 6.48. The number of furan rings is 1. The molecule has 0 saturated heterocycles. The highest BCUT2D eigenvalue weighted by atomic mass is 16.3. The summed E-state index contributed by atoms with van der Waals surface area (Å²) in [4.78, 5) is 23.4. The Labute approximate surface area is 140 Å². The Kier molecular flexibility index (Phi) is 7.27. The van der Waals surface area contributed by atoms with Gasteiger partial charge in [-0.1, -0.05) is 24.6 Å². The van der Waals surface area contributed by atoms with Gasteiger partial charge in [-0.15, -0.1) is 0 Å². The second-order valence-corrected chi connectivity index (χ2v) is 5.24. The molecule has 2 rings (SSSR count). The number of rotatable bonds is 9. The van der Waals surface area contributed by atoms with Crippen LogP contribution in [0.2, 0.25) is 0 Å². The van der Waals surface area contributed by atoms with E-state index < -0.39 is 0 Å². The first-order valence-electron chi connectivity index (χ1n) is 7.94. The van der Waals surface area contributed by atoms with Crippen LogP contribution in [-0.2, 0) is 4.79 Å². The highest BCUT2D eigenvalue weighted by Crippen LogP contribution is 2.01. The Morgan fingerprint density at radius 3 is 2.62 bits per heavy atom. The largest absolute Gasteiger partial charge is 0.463 e. The lowest BCUT2D eigenvalue weighted by Gasteiger charge is -2.05. The molecule has 0 saturated carbocycles. The van der Waals surface area contributed by atoms with Crippen molar-refractivity contribution in [2.75, 3.05) is 6.54 Å². The Bertz CT molecular complexity index is 651. The van der Waals surface area contributed by atoms with Crippen molar-refractivity contribution < 1.29 is 14.0 Å². The van der Waals surface area contributed by atoms with E-state index in [0.717, 1.165) is 19.3 Å². The van der Waals surface area contributed by atoms with Gasteiger partial charge < -0.3 is 9.73 Å². The van der Waals surface area contributed by atoms with Crippen molar-refractivity contribution >= 4 is 18.0 Å². The molecule has 0 unspecified atom stereocenters. The van der Waals surface area contributed by atoms with Gasteiger partial charge in [0.05, 0.1) is 12.5 Å². The first-order chi connectivity index (χ1) is 11.8. The molecule has 1 aromatic carbocycles. The fourth-order valence-corrected chi connectivity index (χ4v) is 2.07. The van der Waals surface area contributed by atoms with E-state index in [0.29, 0.717) is 24.3 Å². The van der Waals surface area contributed by atoms with Gasteiger partial charge >= 0.3 is 0 Å². The molecule has 1 heterocycles. The predicted molar refractivity (Wildman–Crippen MR) is 91.7 cm³/mol. The predicted octanol–water partition coefficient (Wildman–Crippen LogP) is 2.72. The zero-order chi connectivity index (χ0) is 17.0. The number of benzene rings is 1. The summed E-state index contributed by atoms with van der Waals surface area (Å²) in [6.07, 6.45) is 5.86. The SMILES string of the molecule is O=C(CCCCCNC(=O)c1ccccc1)N/N=C\c1ccco1. The molecule has 0 radical (unpaired) electrons. The van der Waals surface area contributed by atoms with Gasteiger partial charge in [0.2, 0.25) is 5.91 Å². The molecule has 0 bridgehead atoms. The smallest absolute Gasteiger partial charge is 0.251 e. The van der Waals surface area contributed by atoms with E-state index >= 15 is 0 Å². The summed E-state index contributed by atoms with van der Waals surface area (Å²) in [7, 11) is 0. The van der Waals surface area contributed by atoms with Crippen molar-refractivity contribution in [1.29, 1.82) is 0 Å². The summed E-state index contributed by atoms with van der Waals surface area (Å²) in [6.45, 7) is 0.603. The van der Waals surface area contributed by atoms with Crippen LogP contribution in [0.15, 0.2) is 58.2 Å². The average molecular weight is 327 g/mol. The number of hydrogen-bond acceptors (Lipinski definition) is 4. The lowest BCUT2D eigenvalue weighted by atomic mass is 10.2. The van der Waals surface area contributed by atoms with Crippen LogP contribution in [0.4, 0.5) is 0 Å². The van der Waals surface area contributed by atoms with Crippen molar-refractivity contribution in [3.8, 4) is 0 Å². The fourth-order valence-electron chi connectivity index (χ4n) is 2.07. The number of amides is 2. The van der Waals surface area contributed by atoms with E-state index in [4.69, 9.17) is 4.42 Å². The molecule has 0 aliphatic heterocycles. The quantitative estimate of drug-likeness (QED) is 0.422. The molecular formula is C18H21N3O3. The molecule has 126 valence electrons. The monoisotopic (exact) mass is 327 g/mol. The molecule has 6 heteroatoms. The minimum Gasteiger partial charge on any atom is -0.463 e. The van der Waals surface area contributed by atoms with Crippen molar-refractivity contribution in [2.24, 2.45) is 5.10 Å². The number of unbranched alkanes of at least 4 members (excludes halogenated alkanes) is 2. The molecule has 0 aliphatic carbocycles. The minimum absolute atomic E-state index is 0.0689. The van der Waals surface area contributed by atoms with Crippen molar-refractivity contribution in [1.82, 2.24) is 10.7 Å². The maximum absolute atomic E-state index is 11.8. The standard InChI is InChI=1S/C18H21N3O3/c22-17(21-20-14-16-10-7-13-24-16)11-5-2-6-12-19-18(23)15-8-3-1-4-9-15/h1,3-4,7-10,13-14H,2,5-6,11-12H2,(H,19,23)(H,21,22)/b20-14-. The second kappa shape index (κ2) is 9.99. The van der Waals surface area contributed by atoms with Gasteiger partial charge in [-0.3, -0.25) is 9.59 Å². The molecule has 1 aromatic heterocycles. The lowest BCUT2D eigenvalue weighted by molar-refractivity contribution is -0.121. The Morgan fingerprint density at radius 1 is 1.04 bits per heavy atom. The summed E-state index contributed by atoms with van der Waals surface area (Å²) in [5.41, 5.74) is 3.11. The van der Waals surface area contributed by atoms with Crippen LogP contribution in [0.25, 0.3) is 0 Å². The van der Waals surface area contributed by atoms with Gasteiger partial charge in [-0.25, -0.2) is 5.43 Å². The molecule has 2 amide bonds. The Balaban J connectivity index is 1.50. The lowest BCUT2D eigenvalue weighted by Crippen LogP contribution is -2.24. The first-order valence-corrected chi connectivity index (χ1v) is 7.94. The molecule has 2 N–H and O–H groups in total. The van der Waals surface area contributed by atoms with Crippen LogP contribution in [0.1, 0.15) is 41.8 Å². The van der Waals surface area contributed by atoms with Gasteiger partial charge in [0.1, 0.15) is 5.76 Å². The van der Waals surface area contributed by atoms with Crippen molar-refractivity contribution in [3.05, 3.63) is 60.1 Å². The Morgan fingerprint density at radius 2 is 1.88 bits per heavy atom. The van der Waals surface area contributed by atoms with E-state index in [9.17, 15) is 9.59 Å². The van der Waals surface area contributed by atoms with Crippen LogP contribution in [0.5, 0.6) is 0 Å². The number of nitrogens with one attached hydrogen (secondary N) is 2. The van der Waals surface area contributed by atoms with E-state index in [2.05, 4.69) is 15.8 Å². The molecule has 6 nitrogen and oxygen atoms in total. The normalized spacial score (nSPS) is 10.7. The summed E-state index contributed by atoms with van der Waals surface area (Å²) in [6, 6.07) is 12.6. The van der Waals surface area contributed by atoms with Crippen LogP contribution in [0.3, 0.4) is 0 Å². The molecule has 0 aliphatic rings. The van der Waals surface area contributed by atoms with Crippen molar-refractivity contribution in [2.45, 2.75) is 25.7 Å². The van der Waals surface area contributed by atoms with Gasteiger partial charge in [-0.2, -0.15) is 5.10 Å². The van der Waals surface area contributed by atoms with Gasteiger partial charge in [0.15, 0.2) is 0 Å². The summed E-state index contributed by atoms with van der Waals surface area (Å²) in [5, 5.41) is 6.67. The molecular weight excluding hydrogens is 306 g/mol. The molecule has 2 aromatic rings. The van der Waals surface area contributed by atoms with Gasteiger partial charge in [0, 0.05) is 18.5 Å². The van der Waals surface area contributed by atoms with E-state index in [1.54, 1.807) is 30.5 Å². The fraction of sp³-hybridized carbons (Fsp3) is 0.278. The summed E-state index contributed by atoms with van der Waals surface area (Å²) in [5.74, 6) is 0.385. The van der Waals surface area contributed by atoms with Crippen molar-refractivity contribution in [3.63, 3.8) is 0 Å². The first kappa shape index (κ1) is 17.5. The Hall–Kier alpha value is -2.89. The number of carbonyl (C=O) groups is 2. The number of carbonyl (C=O) groups excluding carboxylic acids is 2. The van der Waals surface area contributed by atoms with E-state index in [-0.39, 0.29) is 11.8 Å². The molecule has 24 heavy (non-hydrogen) atoms. The molecule has 0 atom stereocenters. The third-order valence-electron chi connectivity index (χ3n) is 3.33. The van der Waals surface area contributed by atoms with E-state index in [1.165, 1.54) is 6.21 Å². The maximum Gasteiger partial charge on any atom is 0.251 e. The third-order valence-corrected chi connectivity index (χ3v) is 3.33. The van der Waals surface area contributed by atoms with Gasteiger partial charge in [0.25, 0.3) is 5.91 Å². The van der Waals surface area contributed by atoms with Gasteiger partial charge in [-0.05, 0) is 37.1 Å². The second-order valence-electron chi connectivity index (χ2n) is 5.24. The van der Waals surface area contributed by atoms with E-state index in [1.807, 2.05) is 18.2 Å². The summed E-state index contributed by atoms with van der Waals surface area (Å²) >= 11 is 0. The minimum atomic E-state index is -0.133. The van der Waals surface area contributed by atoms with Crippen LogP contribution >= 0.6 is 0 Å². The highest BCUT2D eigenvalue weighted by Gasteiger charge is 2.03. The zero-order valence-corrected chi connectivity index (χ0v) is 13.4. The van der Waals surface area contributed by atoms with Crippen LogP contribution < -0.4 is 10.7 Å². The summed E-state index contributed by atoms with van der Waals surface area (Å²) < 4.78 is 5.06. The number of nitrogens with zero attached hydrogens (tertiary/aromatic N) is 1. The molecule has 0 fully saturated rings. The zero-order valence-electron chi connectivity index (χ0n) is 13.4. The highest BCUT2D eigenvalue weighted by molar-refractivity contribution is 5.94. The number of hydrogen-bond donors (Lipinski definition) is 2. The average Bonchev–Trinajstić information content (AvgIpc) is 3.12. The van der Waals surface area contributed by atoms with Crippen LogP contribution in [0, 0.1) is 0 Å². The van der Waals surface area contributed by atoms with Crippen LogP contribution in [-0.4, -0.2) is 24.6 Å². The maximum atomic E-state index is 11.8. The topological polar surface area (TPSA) is 83.7 Å².